The van der Waals surface area contributed by atoms with Gasteiger partial charge in [0.1, 0.15) is 0 Å². The minimum atomic E-state index is -0.404. The Balaban J connectivity index is 1.80. The molecule has 4 rings (SSSR count). The predicted octanol–water partition coefficient (Wildman–Crippen LogP) is 2.38. The van der Waals surface area contributed by atoms with Crippen LogP contribution in [0.25, 0.3) is 17.2 Å². The van der Waals surface area contributed by atoms with Crippen LogP contribution in [0.5, 0.6) is 0 Å². The Hall–Kier alpha value is -3.68. The Bertz CT molecular complexity index is 1310. The molecule has 0 aliphatic carbocycles. The molecule has 2 aromatic heterocycles. The molecule has 0 saturated heterocycles. The molecule has 3 aromatic rings. The van der Waals surface area contributed by atoms with E-state index in [4.69, 9.17) is 0 Å². The predicted molar refractivity (Wildman–Crippen MR) is 120 cm³/mol. The maximum absolute atomic E-state index is 13.2. The molecule has 0 saturated carbocycles. The number of hydrogen-bond donors (Lipinski definition) is 0. The molecule has 0 N–H and O–H groups in total. The lowest BCUT2D eigenvalue weighted by Crippen LogP contribution is -2.40. The summed E-state index contributed by atoms with van der Waals surface area (Å²) in [6.45, 7) is 8.66. The number of nitrogens with zero attached hydrogens (tertiary/aromatic N) is 6. The lowest BCUT2D eigenvalue weighted by molar-refractivity contribution is 0.648. The maximum atomic E-state index is 13.2. The number of hydrogen-bond acceptors (Lipinski definition) is 5. The molecule has 1 aromatic carbocycles. The standard InChI is InChI=1S/C22H24N6O2/c1-15(2)13-27-20(29)18-19(25(4)22(27)30)23-21-26(18)14-16(3)24-28(21)12-8-11-17-9-6-5-7-10-17/h5-11H,1,12-14H2,2-4H3/b11-8+. The Morgan fingerprint density at radius 3 is 2.67 bits per heavy atom. The minimum absolute atomic E-state index is 0.179. The van der Waals surface area contributed by atoms with Gasteiger partial charge in [0.2, 0.25) is 5.95 Å². The van der Waals surface area contributed by atoms with Crippen molar-refractivity contribution in [3.05, 3.63) is 75.0 Å². The molecule has 30 heavy (non-hydrogen) atoms. The topological polar surface area (TPSA) is 77.4 Å². The number of allylic oxidation sites excluding steroid dienone is 1. The molecule has 8 heteroatoms. The van der Waals surface area contributed by atoms with Crippen molar-refractivity contribution in [1.29, 1.82) is 0 Å². The molecule has 0 radical (unpaired) electrons. The third-order valence-corrected chi connectivity index (χ3v) is 4.94. The summed E-state index contributed by atoms with van der Waals surface area (Å²) in [4.78, 5) is 30.5. The summed E-state index contributed by atoms with van der Waals surface area (Å²) in [6.07, 6.45) is 4.02. The molecule has 1 aliphatic rings. The average molecular weight is 404 g/mol. The highest BCUT2D eigenvalue weighted by atomic mass is 16.2. The summed E-state index contributed by atoms with van der Waals surface area (Å²) in [5, 5.41) is 6.36. The Morgan fingerprint density at radius 2 is 1.97 bits per heavy atom. The van der Waals surface area contributed by atoms with Gasteiger partial charge >= 0.3 is 5.69 Å². The third-order valence-electron chi connectivity index (χ3n) is 4.94. The van der Waals surface area contributed by atoms with E-state index < -0.39 is 5.69 Å². The van der Waals surface area contributed by atoms with Gasteiger partial charge in [-0.05, 0) is 19.4 Å². The number of fused-ring (bicyclic) bond motifs is 3. The highest BCUT2D eigenvalue weighted by Gasteiger charge is 2.26. The van der Waals surface area contributed by atoms with Crippen molar-refractivity contribution in [2.75, 3.05) is 11.6 Å². The van der Waals surface area contributed by atoms with E-state index in [1.54, 1.807) is 19.0 Å². The van der Waals surface area contributed by atoms with E-state index in [1.165, 1.54) is 9.13 Å². The first-order chi connectivity index (χ1) is 14.4. The second kappa shape index (κ2) is 7.62. The third kappa shape index (κ3) is 3.41. The van der Waals surface area contributed by atoms with E-state index in [-0.39, 0.29) is 12.1 Å². The Morgan fingerprint density at radius 1 is 1.23 bits per heavy atom. The van der Waals surface area contributed by atoms with Gasteiger partial charge < -0.3 is 0 Å². The van der Waals surface area contributed by atoms with Gasteiger partial charge in [-0.2, -0.15) is 10.1 Å². The van der Waals surface area contributed by atoms with Crippen LogP contribution in [0.4, 0.5) is 5.95 Å². The summed E-state index contributed by atoms with van der Waals surface area (Å²) < 4.78 is 4.46. The van der Waals surface area contributed by atoms with Crippen molar-refractivity contribution in [1.82, 2.24) is 18.7 Å². The Labute approximate surface area is 173 Å². The normalized spacial score (nSPS) is 13.7. The highest BCUT2D eigenvalue weighted by molar-refractivity contribution is 5.87. The molecule has 3 heterocycles. The SMILES string of the molecule is C=C(C)Cn1c(=O)c2c(nc3n2CC(C)=NN3C/C=C/c2ccccc2)n(C)c1=O. The van der Waals surface area contributed by atoms with Crippen molar-refractivity contribution in [2.45, 2.75) is 26.9 Å². The van der Waals surface area contributed by atoms with Crippen LogP contribution < -0.4 is 16.3 Å². The fourth-order valence-corrected chi connectivity index (χ4v) is 3.60. The lowest BCUT2D eigenvalue weighted by atomic mass is 10.2. The monoisotopic (exact) mass is 404 g/mol. The van der Waals surface area contributed by atoms with Gasteiger partial charge in [-0.15, -0.1) is 0 Å². The number of aromatic nitrogens is 4. The molecule has 1 aliphatic heterocycles. The van der Waals surface area contributed by atoms with Crippen LogP contribution in [0.3, 0.4) is 0 Å². The average Bonchev–Trinajstić information content (AvgIpc) is 3.10. The van der Waals surface area contributed by atoms with Crippen LogP contribution in [0, 0.1) is 0 Å². The minimum Gasteiger partial charge on any atom is -0.297 e. The molecule has 0 spiro atoms. The van der Waals surface area contributed by atoms with Gasteiger partial charge in [0, 0.05) is 7.05 Å². The number of rotatable bonds is 5. The first-order valence-corrected chi connectivity index (χ1v) is 9.74. The van der Waals surface area contributed by atoms with Gasteiger partial charge in [0.05, 0.1) is 25.3 Å². The smallest absolute Gasteiger partial charge is 0.297 e. The molecule has 0 fully saturated rings. The van der Waals surface area contributed by atoms with Crippen LogP contribution in [-0.4, -0.2) is 30.9 Å². The lowest BCUT2D eigenvalue weighted by Gasteiger charge is -2.23. The first-order valence-electron chi connectivity index (χ1n) is 9.74. The van der Waals surface area contributed by atoms with Crippen molar-refractivity contribution in [2.24, 2.45) is 12.1 Å². The van der Waals surface area contributed by atoms with Crippen LogP contribution in [0.1, 0.15) is 19.4 Å². The second-order valence-electron chi connectivity index (χ2n) is 7.59. The zero-order chi connectivity index (χ0) is 21.4. The van der Waals surface area contributed by atoms with E-state index in [1.807, 2.05) is 54.0 Å². The van der Waals surface area contributed by atoms with Gasteiger partial charge in [0.15, 0.2) is 11.2 Å². The maximum Gasteiger partial charge on any atom is 0.332 e. The van der Waals surface area contributed by atoms with E-state index in [0.29, 0.717) is 30.2 Å². The fraction of sp³-hybridized carbons (Fsp3) is 0.273. The van der Waals surface area contributed by atoms with Crippen molar-refractivity contribution >= 4 is 28.9 Å². The number of imidazole rings is 1. The quantitative estimate of drug-likeness (QED) is 0.612. The summed E-state index contributed by atoms with van der Waals surface area (Å²) in [5.41, 5.74) is 2.68. The van der Waals surface area contributed by atoms with E-state index in [9.17, 15) is 9.59 Å². The first kappa shape index (κ1) is 19.6. The van der Waals surface area contributed by atoms with Crippen LogP contribution >= 0.6 is 0 Å². The number of anilines is 1. The molecular weight excluding hydrogens is 380 g/mol. The number of hydrazone groups is 1. The summed E-state index contributed by atoms with van der Waals surface area (Å²) >= 11 is 0. The van der Waals surface area contributed by atoms with E-state index >= 15 is 0 Å². The molecule has 0 unspecified atom stereocenters. The van der Waals surface area contributed by atoms with Crippen molar-refractivity contribution < 1.29 is 0 Å². The van der Waals surface area contributed by atoms with Crippen LogP contribution in [-0.2, 0) is 20.1 Å². The summed E-state index contributed by atoms with van der Waals surface area (Å²) in [5.74, 6) is 0.550. The summed E-state index contributed by atoms with van der Waals surface area (Å²) in [6, 6.07) is 9.99. The zero-order valence-electron chi connectivity index (χ0n) is 17.4. The van der Waals surface area contributed by atoms with Gasteiger partial charge in [-0.3, -0.25) is 18.5 Å². The highest BCUT2D eigenvalue weighted by Crippen LogP contribution is 2.23. The van der Waals surface area contributed by atoms with Gasteiger partial charge in [-0.1, -0.05) is 54.6 Å². The molecular formula is C22H24N6O2. The molecule has 0 bridgehead atoms. The van der Waals surface area contributed by atoms with Gasteiger partial charge in [0.25, 0.3) is 5.56 Å². The fourth-order valence-electron chi connectivity index (χ4n) is 3.60. The van der Waals surface area contributed by atoms with E-state index in [2.05, 4.69) is 16.7 Å². The number of benzene rings is 1. The van der Waals surface area contributed by atoms with Gasteiger partial charge in [-0.25, -0.2) is 9.80 Å². The molecule has 154 valence electrons. The van der Waals surface area contributed by atoms with Crippen molar-refractivity contribution in [3.63, 3.8) is 0 Å². The number of aryl methyl sites for hydroxylation is 1. The second-order valence-corrected chi connectivity index (χ2v) is 7.59. The van der Waals surface area contributed by atoms with Crippen LogP contribution in [0.2, 0.25) is 0 Å². The molecule has 8 nitrogen and oxygen atoms in total. The zero-order valence-corrected chi connectivity index (χ0v) is 17.4. The Kier molecular flexibility index (Phi) is 4.99. The molecule has 0 atom stereocenters. The van der Waals surface area contributed by atoms with Crippen LogP contribution in [0.15, 0.2) is 63.3 Å². The molecule has 0 amide bonds. The van der Waals surface area contributed by atoms with E-state index in [0.717, 1.165) is 16.8 Å². The summed E-state index contributed by atoms with van der Waals surface area (Å²) in [7, 11) is 1.63. The van der Waals surface area contributed by atoms with Crippen molar-refractivity contribution in [3.8, 4) is 0 Å². The largest absolute Gasteiger partial charge is 0.332 e.